The number of ether oxygens (including phenoxy) is 1. The van der Waals surface area contributed by atoms with E-state index in [1.165, 1.54) is 25.5 Å². The third kappa shape index (κ3) is 4.60. The van der Waals surface area contributed by atoms with E-state index >= 15 is 0 Å². The number of carbonyl (C=O) groups is 2. The number of nitrogens with zero attached hydrogens (tertiary/aromatic N) is 5. The van der Waals surface area contributed by atoms with E-state index < -0.39 is 5.97 Å². The summed E-state index contributed by atoms with van der Waals surface area (Å²) in [6, 6.07) is -0.153. The van der Waals surface area contributed by atoms with Gasteiger partial charge >= 0.3 is 5.97 Å². The minimum Gasteiger partial charge on any atom is -0.464 e. The van der Waals surface area contributed by atoms with Gasteiger partial charge in [0.2, 0.25) is 5.91 Å². The fourth-order valence-corrected chi connectivity index (χ4v) is 4.07. The second kappa shape index (κ2) is 9.32. The molecule has 0 aromatic carbocycles. The zero-order valence-corrected chi connectivity index (χ0v) is 17.1. The third-order valence-electron chi connectivity index (χ3n) is 5.81. The molecule has 2 atom stereocenters. The summed E-state index contributed by atoms with van der Waals surface area (Å²) in [5.41, 5.74) is 1.43. The molecule has 0 aliphatic carbocycles. The minimum absolute atomic E-state index is 0.0106. The number of likely N-dealkylation sites (tertiary alicyclic amines) is 2. The molecular formula is C20H31N5O3. The molecule has 0 saturated carbocycles. The summed E-state index contributed by atoms with van der Waals surface area (Å²) in [5, 5.41) is 8.04. The van der Waals surface area contributed by atoms with Crippen LogP contribution in [0.1, 0.15) is 62.5 Å². The van der Waals surface area contributed by atoms with Gasteiger partial charge in [-0.15, -0.1) is 5.10 Å². The Morgan fingerprint density at radius 2 is 1.96 bits per heavy atom. The molecule has 0 N–H and O–H groups in total. The highest BCUT2D eigenvalue weighted by Crippen LogP contribution is 2.29. The number of carbonyl (C=O) groups excluding carboxylic acids is 2. The summed E-state index contributed by atoms with van der Waals surface area (Å²) in [7, 11) is 1.33. The van der Waals surface area contributed by atoms with Crippen LogP contribution in [0.4, 0.5) is 0 Å². The van der Waals surface area contributed by atoms with Gasteiger partial charge in [0.25, 0.3) is 0 Å². The predicted octanol–water partition coefficient (Wildman–Crippen LogP) is 2.05. The van der Waals surface area contributed by atoms with E-state index in [-0.39, 0.29) is 23.7 Å². The van der Waals surface area contributed by atoms with E-state index in [0.29, 0.717) is 13.0 Å². The van der Waals surface area contributed by atoms with Gasteiger partial charge in [0.1, 0.15) is 0 Å². The van der Waals surface area contributed by atoms with E-state index in [1.54, 1.807) is 10.9 Å². The van der Waals surface area contributed by atoms with Crippen molar-refractivity contribution >= 4 is 11.9 Å². The van der Waals surface area contributed by atoms with E-state index in [1.807, 2.05) is 11.8 Å². The van der Waals surface area contributed by atoms with Crippen molar-refractivity contribution in [3.05, 3.63) is 23.5 Å². The molecule has 2 saturated heterocycles. The Hall–Kier alpha value is -2.22. The van der Waals surface area contributed by atoms with Gasteiger partial charge in [-0.2, -0.15) is 0 Å². The quantitative estimate of drug-likeness (QED) is 0.566. The first kappa shape index (κ1) is 20.5. The molecule has 0 spiro atoms. The first-order valence-corrected chi connectivity index (χ1v) is 10.2. The second-order valence-corrected chi connectivity index (χ2v) is 7.78. The number of methoxy groups -OCH3 is 1. The standard InChI is InChI=1S/C20H31N5O3/c1-4-15(2)12-24-13-16(25-14-17(21-22-25)20(27)28-3)11-18(24)19(26)23-9-7-5-6-8-10-23/h4,14,16,18H,5-13H2,1-3H3/b15-4+/t16-,18+/m1/s1. The molecule has 2 aliphatic heterocycles. The van der Waals surface area contributed by atoms with Crippen LogP contribution in [0.5, 0.6) is 0 Å². The molecule has 3 rings (SSSR count). The van der Waals surface area contributed by atoms with E-state index in [0.717, 1.165) is 32.5 Å². The lowest BCUT2D eigenvalue weighted by Gasteiger charge is -2.29. The molecule has 3 heterocycles. The van der Waals surface area contributed by atoms with Crippen LogP contribution in [-0.2, 0) is 9.53 Å². The Bertz CT molecular complexity index is 721. The Morgan fingerprint density at radius 3 is 2.61 bits per heavy atom. The summed E-state index contributed by atoms with van der Waals surface area (Å²) < 4.78 is 6.43. The van der Waals surface area contributed by atoms with Gasteiger partial charge < -0.3 is 9.64 Å². The molecule has 2 aliphatic rings. The lowest BCUT2D eigenvalue weighted by Crippen LogP contribution is -2.46. The SMILES string of the molecule is C/C=C(\C)CN1C[C@H](n2cc(C(=O)OC)nn2)C[C@H]1C(=O)N1CCCCCC1. The summed E-state index contributed by atoms with van der Waals surface area (Å²) in [6.45, 7) is 7.29. The van der Waals surface area contributed by atoms with Crippen LogP contribution in [0.15, 0.2) is 17.8 Å². The lowest BCUT2D eigenvalue weighted by atomic mass is 10.1. The van der Waals surface area contributed by atoms with Gasteiger partial charge in [-0.1, -0.05) is 29.7 Å². The van der Waals surface area contributed by atoms with Crippen LogP contribution in [0.25, 0.3) is 0 Å². The maximum Gasteiger partial charge on any atom is 0.360 e. The van der Waals surface area contributed by atoms with Crippen LogP contribution >= 0.6 is 0 Å². The van der Waals surface area contributed by atoms with E-state index in [4.69, 9.17) is 4.74 Å². The average molecular weight is 390 g/mol. The van der Waals surface area contributed by atoms with Gasteiger partial charge in [0.15, 0.2) is 5.69 Å². The van der Waals surface area contributed by atoms with Gasteiger partial charge in [0, 0.05) is 26.2 Å². The molecule has 8 heteroatoms. The molecule has 2 fully saturated rings. The fraction of sp³-hybridized carbons (Fsp3) is 0.700. The Labute approximate surface area is 166 Å². The Morgan fingerprint density at radius 1 is 1.25 bits per heavy atom. The average Bonchev–Trinajstić information content (AvgIpc) is 3.26. The van der Waals surface area contributed by atoms with E-state index in [2.05, 4.69) is 28.2 Å². The normalized spacial score (nSPS) is 24.2. The maximum atomic E-state index is 13.3. The van der Waals surface area contributed by atoms with Crippen molar-refractivity contribution in [2.45, 2.75) is 58.0 Å². The number of allylic oxidation sites excluding steroid dienone is 1. The summed E-state index contributed by atoms with van der Waals surface area (Å²) >= 11 is 0. The van der Waals surface area contributed by atoms with Crippen LogP contribution in [0, 0.1) is 0 Å². The van der Waals surface area contributed by atoms with Crippen LogP contribution < -0.4 is 0 Å². The minimum atomic E-state index is -0.497. The molecule has 154 valence electrons. The zero-order valence-electron chi connectivity index (χ0n) is 17.1. The molecule has 28 heavy (non-hydrogen) atoms. The highest BCUT2D eigenvalue weighted by Gasteiger charge is 2.40. The topological polar surface area (TPSA) is 80.6 Å². The molecule has 1 aromatic rings. The van der Waals surface area contributed by atoms with E-state index in [9.17, 15) is 9.59 Å². The maximum absolute atomic E-state index is 13.3. The smallest absolute Gasteiger partial charge is 0.360 e. The monoisotopic (exact) mass is 389 g/mol. The Kier molecular flexibility index (Phi) is 6.83. The summed E-state index contributed by atoms with van der Waals surface area (Å²) in [4.78, 5) is 29.3. The highest BCUT2D eigenvalue weighted by molar-refractivity contribution is 5.86. The highest BCUT2D eigenvalue weighted by atomic mass is 16.5. The van der Waals surface area contributed by atoms with Crippen LogP contribution in [0.2, 0.25) is 0 Å². The predicted molar refractivity (Wildman–Crippen MR) is 105 cm³/mol. The van der Waals surface area contributed by atoms with Crippen LogP contribution in [-0.4, -0.2) is 76.0 Å². The van der Waals surface area contributed by atoms with Crippen molar-refractivity contribution in [2.75, 3.05) is 33.3 Å². The first-order chi connectivity index (χ1) is 13.5. The van der Waals surface area contributed by atoms with Crippen LogP contribution in [0.3, 0.4) is 0 Å². The molecule has 1 aromatic heterocycles. The zero-order chi connectivity index (χ0) is 20.1. The number of rotatable bonds is 5. The van der Waals surface area contributed by atoms with Crippen molar-refractivity contribution in [1.29, 1.82) is 0 Å². The molecule has 0 unspecified atom stereocenters. The van der Waals surface area contributed by atoms with Gasteiger partial charge in [-0.3, -0.25) is 9.69 Å². The summed E-state index contributed by atoms with van der Waals surface area (Å²) in [6.07, 6.45) is 8.96. The largest absolute Gasteiger partial charge is 0.464 e. The summed E-state index contributed by atoms with van der Waals surface area (Å²) in [5.74, 6) is -0.273. The van der Waals surface area contributed by atoms with Crippen molar-refractivity contribution in [3.63, 3.8) is 0 Å². The molecule has 0 bridgehead atoms. The second-order valence-electron chi connectivity index (χ2n) is 7.78. The fourth-order valence-electron chi connectivity index (χ4n) is 4.07. The van der Waals surface area contributed by atoms with Gasteiger partial charge in [0.05, 0.1) is 25.4 Å². The molecule has 0 radical (unpaired) electrons. The van der Waals surface area contributed by atoms with Crippen molar-refractivity contribution in [2.24, 2.45) is 0 Å². The lowest BCUT2D eigenvalue weighted by molar-refractivity contribution is -0.135. The number of aromatic nitrogens is 3. The third-order valence-corrected chi connectivity index (χ3v) is 5.81. The van der Waals surface area contributed by atoms with Crippen molar-refractivity contribution < 1.29 is 14.3 Å². The van der Waals surface area contributed by atoms with Crippen molar-refractivity contribution in [3.8, 4) is 0 Å². The molecule has 8 nitrogen and oxygen atoms in total. The number of hydrogen-bond donors (Lipinski definition) is 0. The molecule has 1 amide bonds. The van der Waals surface area contributed by atoms with Gasteiger partial charge in [-0.25, -0.2) is 9.48 Å². The van der Waals surface area contributed by atoms with Crippen molar-refractivity contribution in [1.82, 2.24) is 24.8 Å². The van der Waals surface area contributed by atoms with Gasteiger partial charge in [-0.05, 0) is 33.1 Å². The Balaban J connectivity index is 1.77. The number of amides is 1. The molecular weight excluding hydrogens is 358 g/mol. The number of hydrogen-bond acceptors (Lipinski definition) is 6. The number of esters is 1. The first-order valence-electron chi connectivity index (χ1n) is 10.2.